The fraction of sp³-hybridized carbons (Fsp3) is 0.471. The summed E-state index contributed by atoms with van der Waals surface area (Å²) in [4.78, 5) is 50.1. The molecule has 4 aliphatic heterocycles. The Morgan fingerprint density at radius 2 is 1.78 bits per heavy atom. The second-order valence-corrected chi connectivity index (χ2v) is 13.0. The van der Waals surface area contributed by atoms with E-state index in [-0.39, 0.29) is 35.3 Å². The number of urea groups is 1. The highest BCUT2D eigenvalue weighted by molar-refractivity contribution is 6.09. The first-order valence-electron chi connectivity index (χ1n) is 15.9. The van der Waals surface area contributed by atoms with Gasteiger partial charge in [0, 0.05) is 83.0 Å². The number of rotatable bonds is 9. The van der Waals surface area contributed by atoms with Gasteiger partial charge in [0.1, 0.15) is 5.54 Å². The average molecular weight is 629 g/mol. The molecule has 0 aliphatic carbocycles. The third kappa shape index (κ3) is 4.86. The molecular weight excluding hydrogens is 588 g/mol. The molecule has 4 aliphatic rings. The normalized spacial score (nSPS) is 24.9. The number of nitrogens with zero attached hydrogens (tertiary/aromatic N) is 6. The van der Waals surface area contributed by atoms with Crippen LogP contribution in [0.25, 0.3) is 10.8 Å². The number of hydrogen-bond donors (Lipinski definition) is 0. The van der Waals surface area contributed by atoms with Crippen molar-refractivity contribution in [3.63, 3.8) is 0 Å². The summed E-state index contributed by atoms with van der Waals surface area (Å²) in [6, 6.07) is 17.0. The highest BCUT2D eigenvalue weighted by atomic mass is 16.6. The Balaban J connectivity index is 1.23. The Bertz CT molecular complexity index is 1690. The van der Waals surface area contributed by atoms with Crippen molar-refractivity contribution in [2.45, 2.75) is 24.5 Å². The van der Waals surface area contributed by atoms with Crippen LogP contribution in [0.2, 0.25) is 0 Å². The van der Waals surface area contributed by atoms with E-state index >= 15 is 0 Å². The van der Waals surface area contributed by atoms with Crippen molar-refractivity contribution in [2.24, 2.45) is 5.92 Å². The molecule has 3 atom stereocenters. The van der Waals surface area contributed by atoms with E-state index in [1.807, 2.05) is 37.2 Å². The van der Waals surface area contributed by atoms with Gasteiger partial charge < -0.3 is 19.3 Å². The zero-order chi connectivity index (χ0) is 32.2. The zero-order valence-electron chi connectivity index (χ0n) is 26.6. The van der Waals surface area contributed by atoms with Crippen molar-refractivity contribution in [1.29, 1.82) is 0 Å². The quantitative estimate of drug-likeness (QED) is 0.199. The van der Waals surface area contributed by atoms with Gasteiger partial charge in [-0.15, -0.1) is 0 Å². The predicted octanol–water partition coefficient (Wildman–Crippen LogP) is 3.73. The van der Waals surface area contributed by atoms with Gasteiger partial charge in [-0.25, -0.2) is 4.79 Å². The minimum absolute atomic E-state index is 0.0807. The van der Waals surface area contributed by atoms with Crippen molar-refractivity contribution in [1.82, 2.24) is 19.6 Å². The van der Waals surface area contributed by atoms with Crippen LogP contribution in [0.4, 0.5) is 16.2 Å². The lowest BCUT2D eigenvalue weighted by Crippen LogP contribution is -2.51. The number of imide groups is 1. The molecule has 242 valence electrons. The van der Waals surface area contributed by atoms with Crippen molar-refractivity contribution < 1.29 is 24.0 Å². The van der Waals surface area contributed by atoms with Gasteiger partial charge in [-0.3, -0.25) is 29.6 Å². The number of fused-ring (bicyclic) bond motifs is 1. The van der Waals surface area contributed by atoms with Crippen molar-refractivity contribution in [3.05, 3.63) is 75.8 Å². The number of likely N-dealkylation sites (tertiary alicyclic amines) is 1. The lowest BCUT2D eigenvalue weighted by atomic mass is 9.87. The lowest BCUT2D eigenvalue weighted by Gasteiger charge is -2.32. The van der Waals surface area contributed by atoms with E-state index in [4.69, 9.17) is 9.47 Å². The third-order valence-electron chi connectivity index (χ3n) is 10.3. The number of ether oxygens (including phenoxy) is 2. The predicted molar refractivity (Wildman–Crippen MR) is 173 cm³/mol. The lowest BCUT2D eigenvalue weighted by molar-refractivity contribution is -0.385. The zero-order valence-corrected chi connectivity index (χ0v) is 26.6. The molecule has 4 fully saturated rings. The molecule has 0 aromatic heterocycles. The van der Waals surface area contributed by atoms with Crippen LogP contribution >= 0.6 is 0 Å². The average Bonchev–Trinajstić information content (AvgIpc) is 3.63. The Morgan fingerprint density at radius 3 is 2.50 bits per heavy atom. The fourth-order valence-electron chi connectivity index (χ4n) is 8.16. The summed E-state index contributed by atoms with van der Waals surface area (Å²) in [6.45, 7) is 5.21. The summed E-state index contributed by atoms with van der Waals surface area (Å²) in [6.07, 6.45) is 0.666. The monoisotopic (exact) mass is 628 g/mol. The summed E-state index contributed by atoms with van der Waals surface area (Å²) in [5.41, 5.74) is 1.84. The van der Waals surface area contributed by atoms with Crippen molar-refractivity contribution in [3.8, 4) is 5.75 Å². The van der Waals surface area contributed by atoms with Gasteiger partial charge in [0.2, 0.25) is 0 Å². The first-order valence-corrected chi connectivity index (χ1v) is 15.9. The number of benzene rings is 3. The van der Waals surface area contributed by atoms with Gasteiger partial charge in [-0.1, -0.05) is 36.4 Å². The van der Waals surface area contributed by atoms with Gasteiger partial charge in [0.25, 0.3) is 5.91 Å². The van der Waals surface area contributed by atoms with Crippen LogP contribution in [0.1, 0.15) is 23.6 Å². The molecule has 0 N–H and O–H groups in total. The molecule has 4 heterocycles. The van der Waals surface area contributed by atoms with Gasteiger partial charge in [-0.05, 0) is 35.1 Å². The summed E-state index contributed by atoms with van der Waals surface area (Å²) in [5.74, 6) is -0.00168. The van der Waals surface area contributed by atoms with Crippen LogP contribution in [-0.2, 0) is 16.1 Å². The summed E-state index contributed by atoms with van der Waals surface area (Å²) < 4.78 is 10.7. The molecule has 0 saturated carbocycles. The first-order chi connectivity index (χ1) is 22.2. The van der Waals surface area contributed by atoms with Crippen LogP contribution < -0.4 is 9.64 Å². The molecule has 3 aromatic carbocycles. The maximum absolute atomic E-state index is 14.6. The van der Waals surface area contributed by atoms with E-state index < -0.39 is 10.5 Å². The van der Waals surface area contributed by atoms with Crippen molar-refractivity contribution >= 4 is 34.1 Å². The van der Waals surface area contributed by atoms with Gasteiger partial charge in [-0.2, -0.15) is 0 Å². The Hall–Kier alpha value is -4.26. The largest absolute Gasteiger partial charge is 0.490 e. The molecule has 12 heteroatoms. The summed E-state index contributed by atoms with van der Waals surface area (Å²) >= 11 is 0. The van der Waals surface area contributed by atoms with Gasteiger partial charge >= 0.3 is 11.7 Å². The Kier molecular flexibility index (Phi) is 7.82. The van der Waals surface area contributed by atoms with Crippen LogP contribution in [-0.4, -0.2) is 116 Å². The molecule has 0 bridgehead atoms. The smallest absolute Gasteiger partial charge is 0.328 e. The molecule has 3 unspecified atom stereocenters. The van der Waals surface area contributed by atoms with Gasteiger partial charge in [0.15, 0.2) is 5.75 Å². The van der Waals surface area contributed by atoms with Crippen LogP contribution in [0.5, 0.6) is 5.75 Å². The fourth-order valence-corrected chi connectivity index (χ4v) is 8.16. The summed E-state index contributed by atoms with van der Waals surface area (Å²) in [7, 11) is 5.47. The number of nitro benzene ring substituents is 1. The molecule has 1 spiro atoms. The maximum atomic E-state index is 14.6. The topological polar surface area (TPSA) is 112 Å². The standard InChI is InChI=1S/C34H40N6O6/c1-35(2)28-10-9-27(25-6-4-5-7-26(25)28)29-19-24-21-37(20-23-8-11-31(45-3)30(18-23)40(43)44)22-34(24)32(41)38(33(42)39(29)34)13-12-36-14-16-46-17-15-36/h4-11,18,24,29H,12-17,19-22H2,1-3H3. The Morgan fingerprint density at radius 1 is 1.02 bits per heavy atom. The third-order valence-corrected chi connectivity index (χ3v) is 10.3. The van der Waals surface area contributed by atoms with E-state index in [0.29, 0.717) is 52.4 Å². The maximum Gasteiger partial charge on any atom is 0.328 e. The Labute approximate surface area is 268 Å². The number of anilines is 1. The minimum atomic E-state index is -0.994. The van der Waals surface area contributed by atoms with E-state index in [2.05, 4.69) is 39.0 Å². The number of methoxy groups -OCH3 is 1. The molecule has 3 amide bonds. The van der Waals surface area contributed by atoms with E-state index in [0.717, 1.165) is 40.7 Å². The molecule has 0 radical (unpaired) electrons. The number of hydrogen-bond acceptors (Lipinski definition) is 9. The summed E-state index contributed by atoms with van der Waals surface area (Å²) in [5, 5.41) is 13.9. The highest BCUT2D eigenvalue weighted by Crippen LogP contribution is 2.56. The van der Waals surface area contributed by atoms with E-state index in [1.54, 1.807) is 12.1 Å². The van der Waals surface area contributed by atoms with E-state index in [9.17, 15) is 19.7 Å². The SMILES string of the molecule is COc1ccc(CN2CC3CC(c4ccc(N(C)C)c5ccccc45)N4C(=O)N(CCN5CCOCC5)C(=O)C34C2)cc1[N+](=O)[O-]. The molecule has 3 aromatic rings. The van der Waals surface area contributed by atoms with E-state index in [1.165, 1.54) is 12.0 Å². The molecular formula is C34H40N6O6. The molecule has 12 nitrogen and oxygen atoms in total. The van der Waals surface area contributed by atoms with Crippen LogP contribution in [0.15, 0.2) is 54.6 Å². The number of amides is 3. The second-order valence-electron chi connectivity index (χ2n) is 13.0. The minimum Gasteiger partial charge on any atom is -0.490 e. The molecule has 4 saturated heterocycles. The van der Waals surface area contributed by atoms with Crippen molar-refractivity contribution in [2.75, 3.05) is 78.6 Å². The van der Waals surface area contributed by atoms with Gasteiger partial charge in [0.05, 0.1) is 31.3 Å². The number of carbonyl (C=O) groups excluding carboxylic acids is 2. The first kappa shape index (κ1) is 30.4. The molecule has 7 rings (SSSR count). The second kappa shape index (κ2) is 11.8. The number of morpholine rings is 1. The van der Waals surface area contributed by atoms with Crippen LogP contribution in [0.3, 0.4) is 0 Å². The van der Waals surface area contributed by atoms with Crippen LogP contribution in [0, 0.1) is 16.0 Å². The number of carbonyl (C=O) groups is 2. The molecule has 46 heavy (non-hydrogen) atoms. The number of nitro groups is 1. The highest BCUT2D eigenvalue weighted by Gasteiger charge is 2.70.